The Labute approximate surface area is 210 Å². The van der Waals surface area contributed by atoms with E-state index in [1.807, 2.05) is 13.0 Å². The van der Waals surface area contributed by atoms with Crippen LogP contribution in [0, 0.1) is 50.2 Å². The van der Waals surface area contributed by atoms with Gasteiger partial charge in [0.2, 0.25) is 0 Å². The predicted molar refractivity (Wildman–Crippen MR) is 133 cm³/mol. The number of carbonyl (C=O) groups is 3. The van der Waals surface area contributed by atoms with E-state index in [1.165, 1.54) is 0 Å². The van der Waals surface area contributed by atoms with Crippen molar-refractivity contribution in [1.82, 2.24) is 0 Å². The average Bonchev–Trinajstić information content (AvgIpc) is 2.76. The summed E-state index contributed by atoms with van der Waals surface area (Å²) in [6.45, 7) is 14.7. The Kier molecular flexibility index (Phi) is 5.09. The van der Waals surface area contributed by atoms with Crippen molar-refractivity contribution < 1.29 is 24.6 Å². The summed E-state index contributed by atoms with van der Waals surface area (Å²) in [5.41, 5.74) is -1.84. The summed E-state index contributed by atoms with van der Waals surface area (Å²) in [5.74, 6) is -0.980. The van der Waals surface area contributed by atoms with Gasteiger partial charge < -0.3 is 10.2 Å². The van der Waals surface area contributed by atoms with Gasteiger partial charge in [0.15, 0.2) is 5.78 Å². The standard InChI is InChI=1S/C30H44O5/c1-25(2)20-15-22(33)30(7)23(28(20,5)9-8-21(25)32)19(31)14-17-18-16-27(4,24(34)35)11-10-26(18,3)12-13-29(17,30)6/h14,18,20-21,23,32H,8-13,15-16H2,1-7H3,(H,34,35)/t18-,20-,21-,23?,26+,27-,28-,29+,30+/m0/s1. The molecule has 35 heavy (non-hydrogen) atoms. The zero-order chi connectivity index (χ0) is 26.0. The topological polar surface area (TPSA) is 91.7 Å². The number of rotatable bonds is 1. The number of carboxylic acid groups (broad SMARTS) is 1. The first-order chi connectivity index (χ1) is 16.0. The van der Waals surface area contributed by atoms with Crippen LogP contribution in [0.2, 0.25) is 0 Å². The zero-order valence-corrected chi connectivity index (χ0v) is 22.7. The molecule has 194 valence electrons. The van der Waals surface area contributed by atoms with Crippen LogP contribution in [0.15, 0.2) is 11.6 Å². The first kappa shape index (κ1) is 25.2. The van der Waals surface area contributed by atoms with Crippen LogP contribution >= 0.6 is 0 Å². The Morgan fingerprint density at radius 2 is 1.57 bits per heavy atom. The summed E-state index contributed by atoms with van der Waals surface area (Å²) in [6, 6.07) is 0. The normalized spacial score (nSPS) is 53.0. The van der Waals surface area contributed by atoms with E-state index >= 15 is 0 Å². The van der Waals surface area contributed by atoms with Gasteiger partial charge in [0, 0.05) is 23.2 Å². The van der Waals surface area contributed by atoms with Crippen LogP contribution in [0.3, 0.4) is 0 Å². The van der Waals surface area contributed by atoms with Gasteiger partial charge in [0.25, 0.3) is 0 Å². The smallest absolute Gasteiger partial charge is 0.309 e. The minimum atomic E-state index is -0.809. The molecule has 0 radical (unpaired) electrons. The number of hydrogen-bond donors (Lipinski definition) is 2. The van der Waals surface area contributed by atoms with Gasteiger partial charge >= 0.3 is 5.97 Å². The molecule has 5 rings (SSSR count). The minimum absolute atomic E-state index is 0.000716. The van der Waals surface area contributed by atoms with Crippen molar-refractivity contribution in [1.29, 1.82) is 0 Å². The third-order valence-corrected chi connectivity index (χ3v) is 12.9. The third-order valence-electron chi connectivity index (χ3n) is 12.9. The lowest BCUT2D eigenvalue weighted by molar-refractivity contribution is -0.202. The molecule has 0 aromatic heterocycles. The number of ketones is 2. The van der Waals surface area contributed by atoms with E-state index in [9.17, 15) is 24.6 Å². The highest BCUT2D eigenvalue weighted by Crippen LogP contribution is 2.74. The fourth-order valence-electron chi connectivity index (χ4n) is 10.0. The number of fused-ring (bicyclic) bond motifs is 7. The van der Waals surface area contributed by atoms with Crippen molar-refractivity contribution in [2.24, 2.45) is 50.2 Å². The van der Waals surface area contributed by atoms with Crippen molar-refractivity contribution in [3.63, 3.8) is 0 Å². The molecule has 0 aliphatic heterocycles. The van der Waals surface area contributed by atoms with Gasteiger partial charge in [-0.2, -0.15) is 0 Å². The Morgan fingerprint density at radius 3 is 2.20 bits per heavy atom. The van der Waals surface area contributed by atoms with E-state index in [1.54, 1.807) is 0 Å². The van der Waals surface area contributed by atoms with E-state index < -0.39 is 39.7 Å². The Balaban J connectivity index is 1.67. The van der Waals surface area contributed by atoms with Gasteiger partial charge in [-0.15, -0.1) is 0 Å². The second kappa shape index (κ2) is 7.08. The maximum atomic E-state index is 14.3. The number of allylic oxidation sites excluding steroid dienone is 2. The van der Waals surface area contributed by atoms with Gasteiger partial charge in [-0.3, -0.25) is 14.4 Å². The fourth-order valence-corrected chi connectivity index (χ4v) is 10.0. The van der Waals surface area contributed by atoms with Gasteiger partial charge in [0.05, 0.1) is 11.5 Å². The number of aliphatic hydroxyl groups excluding tert-OH is 1. The second-order valence-electron chi connectivity index (χ2n) is 14.8. The third kappa shape index (κ3) is 2.88. The molecule has 0 amide bonds. The first-order valence-electron chi connectivity index (χ1n) is 13.7. The van der Waals surface area contributed by atoms with Crippen molar-refractivity contribution in [2.75, 3.05) is 0 Å². The van der Waals surface area contributed by atoms with E-state index in [4.69, 9.17) is 0 Å². The van der Waals surface area contributed by atoms with Crippen molar-refractivity contribution in [3.05, 3.63) is 11.6 Å². The summed E-state index contributed by atoms with van der Waals surface area (Å²) in [7, 11) is 0. The lowest BCUT2D eigenvalue weighted by atomic mass is 9.33. The van der Waals surface area contributed by atoms with Gasteiger partial charge in [0.1, 0.15) is 5.78 Å². The molecule has 2 N–H and O–H groups in total. The summed E-state index contributed by atoms with van der Waals surface area (Å²) in [4.78, 5) is 40.7. The van der Waals surface area contributed by atoms with E-state index in [2.05, 4.69) is 41.5 Å². The maximum Gasteiger partial charge on any atom is 0.309 e. The van der Waals surface area contributed by atoms with Crippen LogP contribution in [-0.4, -0.2) is 33.9 Å². The van der Waals surface area contributed by atoms with Crippen LogP contribution in [0.1, 0.15) is 99.8 Å². The van der Waals surface area contributed by atoms with Crippen LogP contribution in [-0.2, 0) is 14.4 Å². The number of aliphatic carboxylic acids is 1. The molecule has 0 saturated heterocycles. The largest absolute Gasteiger partial charge is 0.481 e. The van der Waals surface area contributed by atoms with Gasteiger partial charge in [-0.25, -0.2) is 0 Å². The van der Waals surface area contributed by atoms with Crippen LogP contribution in [0.4, 0.5) is 0 Å². The molecule has 9 atom stereocenters. The first-order valence-corrected chi connectivity index (χ1v) is 13.7. The summed E-state index contributed by atoms with van der Waals surface area (Å²) >= 11 is 0. The SMILES string of the molecule is CC1(C)[C@@H](O)CC[C@]2(C)C3C(=O)C=C4[C@@H]5C[C@@](C)(C(=O)O)CC[C@]5(C)CC[C@@]4(C)[C@]3(C)C(=O)C[C@@H]12. The van der Waals surface area contributed by atoms with Crippen LogP contribution < -0.4 is 0 Å². The predicted octanol–water partition coefficient (Wildman–Crippen LogP) is 5.59. The Bertz CT molecular complexity index is 1040. The highest BCUT2D eigenvalue weighted by atomic mass is 16.4. The molecule has 4 saturated carbocycles. The van der Waals surface area contributed by atoms with Gasteiger partial charge in [-0.05, 0) is 86.0 Å². The molecule has 5 nitrogen and oxygen atoms in total. The fraction of sp³-hybridized carbons (Fsp3) is 0.833. The maximum absolute atomic E-state index is 14.3. The van der Waals surface area contributed by atoms with Gasteiger partial charge in [-0.1, -0.05) is 47.1 Å². The van der Waals surface area contributed by atoms with Crippen molar-refractivity contribution in [2.45, 2.75) is 106 Å². The number of carbonyl (C=O) groups excluding carboxylic acids is 2. The average molecular weight is 485 g/mol. The molecule has 4 fully saturated rings. The molecule has 5 aliphatic rings. The monoisotopic (exact) mass is 484 g/mol. The molecule has 0 bridgehead atoms. The Morgan fingerprint density at radius 1 is 0.943 bits per heavy atom. The van der Waals surface area contributed by atoms with Crippen molar-refractivity contribution >= 4 is 17.5 Å². The van der Waals surface area contributed by atoms with E-state index in [-0.39, 0.29) is 34.2 Å². The Hall–Kier alpha value is -1.49. The molecular formula is C30H44O5. The van der Waals surface area contributed by atoms with E-state index in [0.717, 1.165) is 31.3 Å². The summed E-state index contributed by atoms with van der Waals surface area (Å²) in [6.07, 6.45) is 7.04. The molecule has 1 unspecified atom stereocenters. The molecular weight excluding hydrogens is 440 g/mol. The van der Waals surface area contributed by atoms with E-state index in [0.29, 0.717) is 25.7 Å². The number of hydrogen-bond acceptors (Lipinski definition) is 4. The lowest BCUT2D eigenvalue weighted by Crippen LogP contribution is -2.69. The van der Waals surface area contributed by atoms with Crippen molar-refractivity contribution in [3.8, 4) is 0 Å². The minimum Gasteiger partial charge on any atom is -0.481 e. The summed E-state index contributed by atoms with van der Waals surface area (Å²) < 4.78 is 0. The second-order valence-corrected chi connectivity index (χ2v) is 14.8. The molecule has 0 aromatic carbocycles. The molecule has 0 aromatic rings. The lowest BCUT2D eigenvalue weighted by Gasteiger charge is -2.69. The van der Waals surface area contributed by atoms with Crippen LogP contribution in [0.5, 0.6) is 0 Å². The molecule has 0 heterocycles. The highest BCUT2D eigenvalue weighted by molar-refractivity contribution is 6.03. The quantitative estimate of drug-likeness (QED) is 0.506. The molecule has 0 spiro atoms. The highest BCUT2D eigenvalue weighted by Gasteiger charge is 2.73. The molecule has 5 heteroatoms. The zero-order valence-electron chi connectivity index (χ0n) is 22.7. The molecule has 5 aliphatic carbocycles. The number of carboxylic acids is 1. The number of aliphatic hydroxyl groups is 1. The number of Topliss-reactive ketones (excluding diaryl/α,β-unsaturated/α-hetero) is 1. The summed E-state index contributed by atoms with van der Waals surface area (Å²) in [5, 5.41) is 20.9. The van der Waals surface area contributed by atoms with Crippen LogP contribution in [0.25, 0.3) is 0 Å².